The topological polar surface area (TPSA) is 36.9 Å². The summed E-state index contributed by atoms with van der Waals surface area (Å²) in [5, 5.41) is 0. The first-order valence-corrected chi connectivity index (χ1v) is 4.50. The molecule has 70 valence electrons. The van der Waals surface area contributed by atoms with Crippen LogP contribution in [0, 0.1) is 0 Å². The van der Waals surface area contributed by atoms with E-state index in [0.717, 1.165) is 38.9 Å². The van der Waals surface area contributed by atoms with Gasteiger partial charge in [0.1, 0.15) is 0 Å². The monoisotopic (exact) mass is 174 g/mol. The molecule has 0 aromatic heterocycles. The highest BCUT2D eigenvalue weighted by Crippen LogP contribution is 2.18. The maximum Gasteiger partial charge on any atom is 0.191 e. The van der Waals surface area contributed by atoms with Crippen molar-refractivity contribution in [3.63, 3.8) is 0 Å². The summed E-state index contributed by atoms with van der Waals surface area (Å²) in [7, 11) is 0. The van der Waals surface area contributed by atoms with E-state index >= 15 is 0 Å². The van der Waals surface area contributed by atoms with Crippen molar-refractivity contribution in [1.82, 2.24) is 0 Å². The summed E-state index contributed by atoms with van der Waals surface area (Å²) >= 11 is 0. The summed E-state index contributed by atoms with van der Waals surface area (Å²) in [5.41, 5.74) is 0. The molecule has 2 heterocycles. The Labute approximate surface area is 71.7 Å². The maximum absolute atomic E-state index is 5.21. The van der Waals surface area contributed by atoms with Gasteiger partial charge < -0.3 is 9.47 Å². The molecular weight excluding hydrogens is 160 g/mol. The van der Waals surface area contributed by atoms with Gasteiger partial charge in [-0.15, -0.1) is 0 Å². The predicted octanol–water partition coefficient (Wildman–Crippen LogP) is 1.21. The summed E-state index contributed by atoms with van der Waals surface area (Å²) in [5.74, 6) is 0. The maximum atomic E-state index is 5.21. The van der Waals surface area contributed by atoms with Crippen LogP contribution < -0.4 is 0 Å². The molecule has 0 amide bonds. The summed E-state index contributed by atoms with van der Waals surface area (Å²) < 4.78 is 10.4. The summed E-state index contributed by atoms with van der Waals surface area (Å²) in [6, 6.07) is 0. The fraction of sp³-hybridized carbons (Fsp3) is 1.00. The molecule has 4 nitrogen and oxygen atoms in total. The second-order valence-electron chi connectivity index (χ2n) is 3.08. The minimum atomic E-state index is -0.172. The molecule has 0 spiro atoms. The van der Waals surface area contributed by atoms with E-state index in [-0.39, 0.29) is 12.6 Å². The number of rotatable bonds is 3. The van der Waals surface area contributed by atoms with Gasteiger partial charge in [0.15, 0.2) is 12.6 Å². The Bertz CT molecular complexity index is 111. The van der Waals surface area contributed by atoms with Crippen LogP contribution in [0.4, 0.5) is 0 Å². The zero-order valence-corrected chi connectivity index (χ0v) is 7.03. The highest BCUT2D eigenvalue weighted by molar-refractivity contribution is 4.54. The molecular formula is C8H14O4. The van der Waals surface area contributed by atoms with Crippen LogP contribution in [-0.4, -0.2) is 25.8 Å². The Hall–Kier alpha value is -0.160. The second kappa shape index (κ2) is 4.18. The minimum absolute atomic E-state index is 0.172. The fourth-order valence-electron chi connectivity index (χ4n) is 1.37. The third-order valence-electron chi connectivity index (χ3n) is 2.05. The molecule has 2 aliphatic heterocycles. The predicted molar refractivity (Wildman–Crippen MR) is 40.1 cm³/mol. The largest absolute Gasteiger partial charge is 0.350 e. The van der Waals surface area contributed by atoms with E-state index < -0.39 is 0 Å². The normalized spacial score (nSPS) is 36.0. The van der Waals surface area contributed by atoms with E-state index in [4.69, 9.17) is 19.2 Å². The molecule has 0 aliphatic carbocycles. The quantitative estimate of drug-likeness (QED) is 0.476. The van der Waals surface area contributed by atoms with E-state index in [9.17, 15) is 0 Å². The molecule has 0 aromatic rings. The first kappa shape index (κ1) is 8.44. The van der Waals surface area contributed by atoms with Crippen LogP contribution in [0.2, 0.25) is 0 Å². The van der Waals surface area contributed by atoms with Crippen LogP contribution in [0.25, 0.3) is 0 Å². The average molecular weight is 174 g/mol. The summed E-state index contributed by atoms with van der Waals surface area (Å²) in [6.45, 7) is 1.55. The van der Waals surface area contributed by atoms with Crippen molar-refractivity contribution in [2.75, 3.05) is 13.2 Å². The van der Waals surface area contributed by atoms with E-state index in [1.165, 1.54) is 0 Å². The lowest BCUT2D eigenvalue weighted by Gasteiger charge is -2.13. The smallest absolute Gasteiger partial charge is 0.191 e. The van der Waals surface area contributed by atoms with Crippen LogP contribution in [0.5, 0.6) is 0 Å². The Balaban J connectivity index is 1.60. The molecule has 2 fully saturated rings. The molecule has 0 aromatic carbocycles. The van der Waals surface area contributed by atoms with Crippen LogP contribution in [-0.2, 0) is 19.2 Å². The SMILES string of the molecule is C1COC(OOC2CCCO2)C1. The average Bonchev–Trinajstić information content (AvgIpc) is 2.74. The van der Waals surface area contributed by atoms with Crippen molar-refractivity contribution in [3.8, 4) is 0 Å². The van der Waals surface area contributed by atoms with Gasteiger partial charge in [-0.1, -0.05) is 0 Å². The molecule has 2 atom stereocenters. The Morgan fingerprint density at radius 1 is 0.833 bits per heavy atom. The van der Waals surface area contributed by atoms with Crippen molar-refractivity contribution in [3.05, 3.63) is 0 Å². The highest BCUT2D eigenvalue weighted by atomic mass is 17.2. The zero-order chi connectivity index (χ0) is 8.23. The van der Waals surface area contributed by atoms with Gasteiger partial charge in [-0.25, -0.2) is 9.78 Å². The van der Waals surface area contributed by atoms with Crippen LogP contribution in [0.3, 0.4) is 0 Å². The van der Waals surface area contributed by atoms with Gasteiger partial charge in [-0.2, -0.15) is 0 Å². The van der Waals surface area contributed by atoms with Crippen molar-refractivity contribution in [2.45, 2.75) is 38.3 Å². The number of ether oxygens (including phenoxy) is 2. The van der Waals surface area contributed by atoms with E-state index in [2.05, 4.69) is 0 Å². The number of hydrogen-bond donors (Lipinski definition) is 0. The molecule has 2 rings (SSSR count). The van der Waals surface area contributed by atoms with Gasteiger partial charge in [0.25, 0.3) is 0 Å². The zero-order valence-electron chi connectivity index (χ0n) is 7.03. The first-order chi connectivity index (χ1) is 5.95. The van der Waals surface area contributed by atoms with E-state index in [1.54, 1.807) is 0 Å². The molecule has 2 aliphatic rings. The Morgan fingerprint density at radius 2 is 1.33 bits per heavy atom. The third-order valence-corrected chi connectivity index (χ3v) is 2.05. The molecule has 2 unspecified atom stereocenters. The van der Waals surface area contributed by atoms with Gasteiger partial charge >= 0.3 is 0 Å². The summed E-state index contributed by atoms with van der Waals surface area (Å²) in [4.78, 5) is 10.1. The molecule has 0 radical (unpaired) electrons. The van der Waals surface area contributed by atoms with Crippen molar-refractivity contribution in [2.24, 2.45) is 0 Å². The Kier molecular flexibility index (Phi) is 2.94. The Morgan fingerprint density at radius 3 is 1.67 bits per heavy atom. The summed E-state index contributed by atoms with van der Waals surface area (Å²) in [6.07, 6.45) is 3.61. The molecule has 2 saturated heterocycles. The molecule has 0 N–H and O–H groups in total. The lowest BCUT2D eigenvalue weighted by Crippen LogP contribution is -2.17. The van der Waals surface area contributed by atoms with Crippen molar-refractivity contribution >= 4 is 0 Å². The van der Waals surface area contributed by atoms with Crippen molar-refractivity contribution < 1.29 is 19.2 Å². The second-order valence-corrected chi connectivity index (χ2v) is 3.08. The molecule has 0 saturated carbocycles. The third kappa shape index (κ3) is 2.17. The minimum Gasteiger partial charge on any atom is -0.350 e. The van der Waals surface area contributed by atoms with Gasteiger partial charge in [0.2, 0.25) is 0 Å². The van der Waals surface area contributed by atoms with Gasteiger partial charge in [0.05, 0.1) is 13.2 Å². The van der Waals surface area contributed by atoms with Crippen LogP contribution in [0.1, 0.15) is 25.7 Å². The lowest BCUT2D eigenvalue weighted by molar-refractivity contribution is -0.422. The number of hydrogen-bond acceptors (Lipinski definition) is 4. The highest BCUT2D eigenvalue weighted by Gasteiger charge is 2.22. The van der Waals surface area contributed by atoms with Gasteiger partial charge in [-0.05, 0) is 12.8 Å². The molecule has 12 heavy (non-hydrogen) atoms. The van der Waals surface area contributed by atoms with Gasteiger partial charge in [0, 0.05) is 12.8 Å². The molecule has 0 bridgehead atoms. The first-order valence-electron chi connectivity index (χ1n) is 4.50. The molecule has 4 heteroatoms. The van der Waals surface area contributed by atoms with E-state index in [0.29, 0.717) is 0 Å². The van der Waals surface area contributed by atoms with Crippen LogP contribution >= 0.6 is 0 Å². The van der Waals surface area contributed by atoms with Gasteiger partial charge in [-0.3, -0.25) is 0 Å². The lowest BCUT2D eigenvalue weighted by atomic mass is 10.4. The van der Waals surface area contributed by atoms with Crippen molar-refractivity contribution in [1.29, 1.82) is 0 Å². The van der Waals surface area contributed by atoms with E-state index in [1.807, 2.05) is 0 Å². The standard InChI is InChI=1S/C8H14O4/c1-3-7(9-5-1)11-12-8-4-2-6-10-8/h7-8H,1-6H2. The fourth-order valence-corrected chi connectivity index (χ4v) is 1.37. The van der Waals surface area contributed by atoms with Crippen LogP contribution in [0.15, 0.2) is 0 Å².